The van der Waals surface area contributed by atoms with Gasteiger partial charge in [0.15, 0.2) is 0 Å². The van der Waals surface area contributed by atoms with Crippen molar-refractivity contribution in [1.29, 1.82) is 0 Å². The standard InChI is InChI=1S/C12H15BrN2O2/c1-7-2-3-8(13)6-9(7)10-11(12(16)17)15-5-4-14-10/h2-3,6,10-11,14-15H,4-5H2,1H3,(H,16,17). The van der Waals surface area contributed by atoms with Gasteiger partial charge in [-0.05, 0) is 30.2 Å². The lowest BCUT2D eigenvalue weighted by Crippen LogP contribution is -2.54. The highest BCUT2D eigenvalue weighted by atomic mass is 79.9. The van der Waals surface area contributed by atoms with Crippen LogP contribution in [0.15, 0.2) is 22.7 Å². The summed E-state index contributed by atoms with van der Waals surface area (Å²) in [5.74, 6) is -0.818. The maximum atomic E-state index is 11.2. The van der Waals surface area contributed by atoms with Crippen LogP contribution in [0.2, 0.25) is 0 Å². The number of halogens is 1. The zero-order chi connectivity index (χ0) is 12.4. The number of carboxylic acid groups (broad SMARTS) is 1. The molecule has 0 aliphatic carbocycles. The Balaban J connectivity index is 2.35. The lowest BCUT2D eigenvalue weighted by atomic mass is 9.94. The minimum absolute atomic E-state index is 0.182. The van der Waals surface area contributed by atoms with Crippen molar-refractivity contribution in [3.63, 3.8) is 0 Å². The van der Waals surface area contributed by atoms with E-state index in [1.165, 1.54) is 0 Å². The largest absolute Gasteiger partial charge is 0.480 e. The number of rotatable bonds is 2. The van der Waals surface area contributed by atoms with Crippen molar-refractivity contribution in [2.75, 3.05) is 13.1 Å². The van der Waals surface area contributed by atoms with Gasteiger partial charge in [-0.3, -0.25) is 4.79 Å². The van der Waals surface area contributed by atoms with Crippen LogP contribution in [0.1, 0.15) is 17.2 Å². The van der Waals surface area contributed by atoms with Crippen molar-refractivity contribution in [1.82, 2.24) is 10.6 Å². The number of aliphatic carboxylic acids is 1. The molecule has 0 bridgehead atoms. The molecule has 0 spiro atoms. The van der Waals surface area contributed by atoms with Crippen LogP contribution in [-0.4, -0.2) is 30.2 Å². The number of benzene rings is 1. The van der Waals surface area contributed by atoms with Gasteiger partial charge in [0.25, 0.3) is 0 Å². The maximum Gasteiger partial charge on any atom is 0.322 e. The highest BCUT2D eigenvalue weighted by Gasteiger charge is 2.32. The van der Waals surface area contributed by atoms with E-state index in [-0.39, 0.29) is 6.04 Å². The molecule has 3 N–H and O–H groups in total. The fourth-order valence-corrected chi connectivity index (χ4v) is 2.54. The Morgan fingerprint density at radius 3 is 2.82 bits per heavy atom. The van der Waals surface area contributed by atoms with Gasteiger partial charge in [-0.15, -0.1) is 0 Å². The second-order valence-corrected chi connectivity index (χ2v) is 5.12. The van der Waals surface area contributed by atoms with Crippen LogP contribution < -0.4 is 10.6 Å². The minimum atomic E-state index is -0.818. The molecule has 92 valence electrons. The van der Waals surface area contributed by atoms with Crippen molar-refractivity contribution in [3.8, 4) is 0 Å². The molecule has 2 atom stereocenters. The highest BCUT2D eigenvalue weighted by molar-refractivity contribution is 9.10. The Kier molecular flexibility index (Phi) is 3.81. The molecule has 2 unspecified atom stereocenters. The molecular weight excluding hydrogens is 284 g/mol. The first-order valence-corrected chi connectivity index (χ1v) is 6.34. The van der Waals surface area contributed by atoms with E-state index in [0.717, 1.165) is 22.1 Å². The Hall–Kier alpha value is -0.910. The van der Waals surface area contributed by atoms with Crippen molar-refractivity contribution >= 4 is 21.9 Å². The molecule has 2 rings (SSSR count). The summed E-state index contributed by atoms with van der Waals surface area (Å²) < 4.78 is 0.967. The SMILES string of the molecule is Cc1ccc(Br)cc1C1NCCNC1C(=O)O. The van der Waals surface area contributed by atoms with Gasteiger partial charge in [-0.2, -0.15) is 0 Å². The quantitative estimate of drug-likeness (QED) is 0.773. The number of hydrogen-bond donors (Lipinski definition) is 3. The number of aryl methyl sites for hydroxylation is 1. The molecule has 0 saturated carbocycles. The average molecular weight is 299 g/mol. The Morgan fingerprint density at radius 2 is 2.12 bits per heavy atom. The molecule has 1 aromatic rings. The van der Waals surface area contributed by atoms with Gasteiger partial charge in [0.05, 0.1) is 6.04 Å². The van der Waals surface area contributed by atoms with Gasteiger partial charge in [-0.1, -0.05) is 22.0 Å². The third-order valence-corrected chi connectivity index (χ3v) is 3.52. The second-order valence-electron chi connectivity index (χ2n) is 4.20. The zero-order valence-electron chi connectivity index (χ0n) is 9.53. The number of piperazine rings is 1. The predicted octanol–water partition coefficient (Wildman–Crippen LogP) is 1.44. The topological polar surface area (TPSA) is 61.4 Å². The Morgan fingerprint density at radius 1 is 1.41 bits per heavy atom. The van der Waals surface area contributed by atoms with Crippen LogP contribution in [-0.2, 0) is 4.79 Å². The van der Waals surface area contributed by atoms with E-state index in [4.69, 9.17) is 0 Å². The van der Waals surface area contributed by atoms with E-state index in [1.54, 1.807) is 0 Å². The van der Waals surface area contributed by atoms with E-state index in [1.807, 2.05) is 25.1 Å². The molecule has 0 amide bonds. The summed E-state index contributed by atoms with van der Waals surface area (Å²) in [6.07, 6.45) is 0. The predicted molar refractivity (Wildman–Crippen MR) is 69.0 cm³/mol. The molecule has 1 saturated heterocycles. The first-order chi connectivity index (χ1) is 8.09. The van der Waals surface area contributed by atoms with Gasteiger partial charge in [0.1, 0.15) is 6.04 Å². The molecule has 1 heterocycles. The van der Waals surface area contributed by atoms with Gasteiger partial charge in [0, 0.05) is 17.6 Å². The van der Waals surface area contributed by atoms with Crippen molar-refractivity contribution in [2.45, 2.75) is 19.0 Å². The molecule has 1 aromatic carbocycles. The number of nitrogens with one attached hydrogen (secondary N) is 2. The molecule has 1 fully saturated rings. The van der Waals surface area contributed by atoms with Crippen molar-refractivity contribution in [3.05, 3.63) is 33.8 Å². The molecule has 1 aliphatic heterocycles. The van der Waals surface area contributed by atoms with Gasteiger partial charge >= 0.3 is 5.97 Å². The maximum absolute atomic E-state index is 11.2. The zero-order valence-corrected chi connectivity index (χ0v) is 11.1. The summed E-state index contributed by atoms with van der Waals surface area (Å²) >= 11 is 3.42. The third kappa shape index (κ3) is 2.68. The molecule has 4 nitrogen and oxygen atoms in total. The summed E-state index contributed by atoms with van der Waals surface area (Å²) in [6, 6.07) is 5.19. The smallest absolute Gasteiger partial charge is 0.322 e. The normalized spacial score (nSPS) is 24.6. The first kappa shape index (κ1) is 12.5. The summed E-state index contributed by atoms with van der Waals surface area (Å²) in [7, 11) is 0. The molecule has 17 heavy (non-hydrogen) atoms. The monoisotopic (exact) mass is 298 g/mol. The van der Waals surface area contributed by atoms with Crippen molar-refractivity contribution in [2.24, 2.45) is 0 Å². The van der Waals surface area contributed by atoms with Crippen LogP contribution in [0.4, 0.5) is 0 Å². The van der Waals surface area contributed by atoms with E-state index in [0.29, 0.717) is 6.54 Å². The lowest BCUT2D eigenvalue weighted by molar-refractivity contribution is -0.140. The number of carbonyl (C=O) groups is 1. The Bertz CT molecular complexity index is 437. The number of carboxylic acids is 1. The fraction of sp³-hybridized carbons (Fsp3) is 0.417. The molecule has 0 aromatic heterocycles. The van der Waals surface area contributed by atoms with Crippen LogP contribution in [0.25, 0.3) is 0 Å². The van der Waals surface area contributed by atoms with Crippen molar-refractivity contribution < 1.29 is 9.90 Å². The van der Waals surface area contributed by atoms with Crippen LogP contribution in [0, 0.1) is 6.92 Å². The van der Waals surface area contributed by atoms with Gasteiger partial charge < -0.3 is 15.7 Å². The summed E-state index contributed by atoms with van der Waals surface area (Å²) in [4.78, 5) is 11.2. The number of hydrogen-bond acceptors (Lipinski definition) is 3. The van der Waals surface area contributed by atoms with Crippen LogP contribution >= 0.6 is 15.9 Å². The third-order valence-electron chi connectivity index (χ3n) is 3.03. The van der Waals surface area contributed by atoms with Crippen LogP contribution in [0.5, 0.6) is 0 Å². The Labute approximate surface area is 109 Å². The average Bonchev–Trinajstić information content (AvgIpc) is 2.32. The van der Waals surface area contributed by atoms with E-state index in [2.05, 4.69) is 26.6 Å². The van der Waals surface area contributed by atoms with Crippen LogP contribution in [0.3, 0.4) is 0 Å². The molecule has 0 radical (unpaired) electrons. The van der Waals surface area contributed by atoms with Gasteiger partial charge in [-0.25, -0.2) is 0 Å². The summed E-state index contributed by atoms with van der Waals surface area (Å²) in [6.45, 7) is 3.46. The van der Waals surface area contributed by atoms with E-state index < -0.39 is 12.0 Å². The lowest BCUT2D eigenvalue weighted by Gasteiger charge is -2.32. The molecule has 1 aliphatic rings. The highest BCUT2D eigenvalue weighted by Crippen LogP contribution is 2.25. The first-order valence-electron chi connectivity index (χ1n) is 5.55. The van der Waals surface area contributed by atoms with E-state index in [9.17, 15) is 9.90 Å². The molecular formula is C12H15BrN2O2. The van der Waals surface area contributed by atoms with E-state index >= 15 is 0 Å². The fourth-order valence-electron chi connectivity index (χ4n) is 2.16. The summed E-state index contributed by atoms with van der Waals surface area (Å²) in [5, 5.41) is 15.5. The molecule has 5 heteroatoms. The minimum Gasteiger partial charge on any atom is -0.480 e. The summed E-state index contributed by atoms with van der Waals surface area (Å²) in [5.41, 5.74) is 2.12. The van der Waals surface area contributed by atoms with Gasteiger partial charge in [0.2, 0.25) is 0 Å². The second kappa shape index (κ2) is 5.16.